The molecule has 0 aliphatic carbocycles. The zero-order valence-electron chi connectivity index (χ0n) is 3.48. The molecule has 0 bridgehead atoms. The summed E-state index contributed by atoms with van der Waals surface area (Å²) in [4.78, 5) is 0. The van der Waals surface area contributed by atoms with Crippen LogP contribution in [0, 0.1) is 0 Å². The fourth-order valence-electron chi connectivity index (χ4n) is 0.138. The van der Waals surface area contributed by atoms with Gasteiger partial charge in [0.25, 0.3) is 0 Å². The fraction of sp³-hybridized carbons (Fsp3) is 1.00. The molecule has 0 aliphatic heterocycles. The van der Waals surface area contributed by atoms with Crippen molar-refractivity contribution < 1.29 is 4.74 Å². The molecule has 0 atom stereocenters. The Bertz CT molecular complexity index is 22.8. The number of ether oxygens (including phenoxy) is 1. The van der Waals surface area contributed by atoms with Gasteiger partial charge >= 0.3 is 0 Å². The Balaban J connectivity index is 2.34. The van der Waals surface area contributed by atoms with Crippen LogP contribution in [0.5, 0.6) is 0 Å². The molecule has 0 unspecified atom stereocenters. The normalized spacial score (nSPS) is 9.00. The summed E-state index contributed by atoms with van der Waals surface area (Å²) in [6.45, 7) is 1.31. The molecule has 0 aliphatic rings. The van der Waals surface area contributed by atoms with E-state index < -0.39 is 0 Å². The first kappa shape index (κ1) is 6.65. The summed E-state index contributed by atoms with van der Waals surface area (Å²) in [7, 11) is 0. The Hall–Kier alpha value is 0.650. The molecule has 0 saturated carbocycles. The van der Waals surface area contributed by atoms with Crippen molar-refractivity contribution in [1.29, 1.82) is 0 Å². The van der Waals surface area contributed by atoms with E-state index in [1.54, 1.807) is 0 Å². The van der Waals surface area contributed by atoms with E-state index in [0.717, 1.165) is 4.61 Å². The van der Waals surface area contributed by atoms with Gasteiger partial charge in [0.1, 0.15) is 0 Å². The first-order valence-corrected chi connectivity index (χ1v) is 3.28. The molecular formula is C3H8INO. The van der Waals surface area contributed by atoms with Gasteiger partial charge in [-0.05, 0) is 0 Å². The van der Waals surface area contributed by atoms with E-state index in [2.05, 4.69) is 22.6 Å². The summed E-state index contributed by atoms with van der Waals surface area (Å²) < 4.78 is 5.59. The summed E-state index contributed by atoms with van der Waals surface area (Å²) in [6, 6.07) is 0. The fourth-order valence-corrected chi connectivity index (χ4v) is 0.449. The number of nitrogens with two attached hydrogens (primary N) is 1. The average molecular weight is 201 g/mol. The second kappa shape index (κ2) is 5.65. The van der Waals surface area contributed by atoms with Gasteiger partial charge in [-0.25, -0.2) is 0 Å². The average Bonchev–Trinajstić information content (AvgIpc) is 1.61. The molecule has 2 nitrogen and oxygen atoms in total. The van der Waals surface area contributed by atoms with Gasteiger partial charge in [-0.15, -0.1) is 0 Å². The molecule has 0 rings (SSSR count). The van der Waals surface area contributed by atoms with E-state index in [-0.39, 0.29) is 0 Å². The number of hydrogen-bond donors (Lipinski definition) is 1. The highest BCUT2D eigenvalue weighted by Crippen LogP contribution is 1.79. The van der Waals surface area contributed by atoms with Crippen LogP contribution >= 0.6 is 22.6 Å². The predicted molar refractivity (Wildman–Crippen MR) is 33.9 cm³/mol. The van der Waals surface area contributed by atoms with Crippen LogP contribution in [0.2, 0.25) is 0 Å². The summed E-state index contributed by atoms with van der Waals surface area (Å²) in [6.07, 6.45) is 0. The smallest absolute Gasteiger partial charge is 0.0979 e. The highest BCUT2D eigenvalue weighted by atomic mass is 127. The van der Waals surface area contributed by atoms with Gasteiger partial charge in [0, 0.05) is 6.54 Å². The zero-order valence-corrected chi connectivity index (χ0v) is 5.64. The minimum absolute atomic E-state index is 0.628. The number of hydrogen-bond acceptors (Lipinski definition) is 2. The third-order valence-corrected chi connectivity index (χ3v) is 0.780. The second-order valence-electron chi connectivity index (χ2n) is 0.806. The molecule has 0 saturated heterocycles. The maximum Gasteiger partial charge on any atom is 0.0979 e. The van der Waals surface area contributed by atoms with E-state index in [4.69, 9.17) is 10.5 Å². The largest absolute Gasteiger partial charge is 0.370 e. The third kappa shape index (κ3) is 4.65. The van der Waals surface area contributed by atoms with Crippen LogP contribution in [0.4, 0.5) is 0 Å². The van der Waals surface area contributed by atoms with E-state index in [9.17, 15) is 0 Å². The molecule has 0 aromatic heterocycles. The molecule has 0 aromatic rings. The lowest BCUT2D eigenvalue weighted by Gasteiger charge is -1.90. The van der Waals surface area contributed by atoms with Crippen LogP contribution in [0.1, 0.15) is 0 Å². The maximum absolute atomic E-state index is 5.09. The second-order valence-corrected chi connectivity index (χ2v) is 1.43. The van der Waals surface area contributed by atoms with Crippen molar-refractivity contribution in [2.45, 2.75) is 0 Å². The molecule has 0 spiro atoms. The first-order chi connectivity index (χ1) is 2.91. The van der Waals surface area contributed by atoms with Crippen LogP contribution in [0.15, 0.2) is 0 Å². The molecule has 2 N–H and O–H groups in total. The Labute approximate surface area is 51.2 Å². The van der Waals surface area contributed by atoms with Gasteiger partial charge in [0.2, 0.25) is 0 Å². The lowest BCUT2D eigenvalue weighted by atomic mass is 10.7. The first-order valence-electron chi connectivity index (χ1n) is 1.75. The minimum atomic E-state index is 0.628. The standard InChI is InChI=1S/C3H8INO/c4-3-6-2-1-5/h1-3,5H2. The number of alkyl halides is 1. The van der Waals surface area contributed by atoms with E-state index in [0.29, 0.717) is 13.2 Å². The summed E-state index contributed by atoms with van der Waals surface area (Å²) in [5, 5.41) is 0. The van der Waals surface area contributed by atoms with Gasteiger partial charge in [-0.2, -0.15) is 0 Å². The maximum atomic E-state index is 5.09. The van der Waals surface area contributed by atoms with E-state index in [1.807, 2.05) is 0 Å². The predicted octanol–water partition coefficient (Wildman–Crippen LogP) is 0.354. The monoisotopic (exact) mass is 201 g/mol. The van der Waals surface area contributed by atoms with Gasteiger partial charge < -0.3 is 10.5 Å². The summed E-state index contributed by atoms with van der Waals surface area (Å²) in [5.74, 6) is 0. The van der Waals surface area contributed by atoms with Crippen molar-refractivity contribution in [2.24, 2.45) is 5.73 Å². The Kier molecular flexibility index (Phi) is 6.26. The van der Waals surface area contributed by atoms with Crippen molar-refractivity contribution in [3.05, 3.63) is 0 Å². The highest BCUT2D eigenvalue weighted by Gasteiger charge is 1.73. The third-order valence-electron chi connectivity index (χ3n) is 0.339. The van der Waals surface area contributed by atoms with Crippen LogP contribution in [-0.2, 0) is 4.74 Å². The van der Waals surface area contributed by atoms with Gasteiger partial charge in [0.05, 0.1) is 11.2 Å². The molecule has 0 fully saturated rings. The van der Waals surface area contributed by atoms with Crippen molar-refractivity contribution in [3.63, 3.8) is 0 Å². The lowest BCUT2D eigenvalue weighted by Crippen LogP contribution is -2.06. The zero-order chi connectivity index (χ0) is 4.83. The van der Waals surface area contributed by atoms with E-state index >= 15 is 0 Å². The van der Waals surface area contributed by atoms with E-state index in [1.165, 1.54) is 0 Å². The Morgan fingerprint density at radius 3 is 2.50 bits per heavy atom. The molecule has 0 amide bonds. The van der Waals surface area contributed by atoms with Crippen molar-refractivity contribution in [2.75, 3.05) is 17.8 Å². The highest BCUT2D eigenvalue weighted by molar-refractivity contribution is 14.1. The SMILES string of the molecule is NCCOCI. The molecule has 3 heteroatoms. The van der Waals surface area contributed by atoms with Crippen LogP contribution in [0.25, 0.3) is 0 Å². The van der Waals surface area contributed by atoms with Crippen molar-refractivity contribution in [1.82, 2.24) is 0 Å². The molecule has 0 heterocycles. The summed E-state index contributed by atoms with van der Waals surface area (Å²) in [5.41, 5.74) is 5.09. The van der Waals surface area contributed by atoms with Crippen LogP contribution in [0.3, 0.4) is 0 Å². The minimum Gasteiger partial charge on any atom is -0.370 e. The number of rotatable bonds is 3. The van der Waals surface area contributed by atoms with Gasteiger partial charge in [0.15, 0.2) is 0 Å². The lowest BCUT2D eigenvalue weighted by molar-refractivity contribution is 0.200. The molecule has 38 valence electrons. The Morgan fingerprint density at radius 2 is 2.33 bits per heavy atom. The van der Waals surface area contributed by atoms with Crippen LogP contribution < -0.4 is 5.73 Å². The molecular weight excluding hydrogens is 193 g/mol. The van der Waals surface area contributed by atoms with Gasteiger partial charge in [-0.3, -0.25) is 0 Å². The topological polar surface area (TPSA) is 35.2 Å². The molecule has 6 heavy (non-hydrogen) atoms. The van der Waals surface area contributed by atoms with Crippen molar-refractivity contribution >= 4 is 22.6 Å². The quantitative estimate of drug-likeness (QED) is 0.406. The summed E-state index contributed by atoms with van der Waals surface area (Å²) >= 11 is 2.13. The Morgan fingerprint density at radius 1 is 1.67 bits per heavy atom. The molecule has 0 aromatic carbocycles. The van der Waals surface area contributed by atoms with Crippen molar-refractivity contribution in [3.8, 4) is 0 Å². The molecule has 0 radical (unpaired) electrons. The van der Waals surface area contributed by atoms with Gasteiger partial charge in [-0.1, -0.05) is 22.6 Å². The van der Waals surface area contributed by atoms with Crippen LogP contribution in [-0.4, -0.2) is 17.8 Å². The number of halogens is 1.